The third-order valence-corrected chi connectivity index (χ3v) is 16.5. The van der Waals surface area contributed by atoms with Crippen LogP contribution in [-0.4, -0.2) is 37.2 Å². The Bertz CT molecular complexity index is 1470. The fraction of sp³-hybridized carbons (Fsp3) is 0.831. The van der Waals surface area contributed by atoms with Gasteiger partial charge in [-0.2, -0.15) is 0 Å². The first kappa shape index (κ1) is 80.1. The van der Waals surface area contributed by atoms with Crippen molar-refractivity contribution in [3.8, 4) is 0 Å². The van der Waals surface area contributed by atoms with Gasteiger partial charge in [0.2, 0.25) is 0 Å². The average Bonchev–Trinajstić information content (AvgIpc) is 3.49. The summed E-state index contributed by atoms with van der Waals surface area (Å²) in [5.41, 5.74) is 0. The van der Waals surface area contributed by atoms with Crippen LogP contribution >= 0.6 is 0 Å². The largest absolute Gasteiger partial charge is 0.462 e. The predicted molar refractivity (Wildman–Crippen MR) is 362 cm³/mol. The molecular formula is C77H140O6. The Morgan fingerprint density at radius 1 is 0.241 bits per heavy atom. The maximum Gasteiger partial charge on any atom is 0.306 e. The van der Waals surface area contributed by atoms with Crippen LogP contribution in [0.25, 0.3) is 0 Å². The van der Waals surface area contributed by atoms with Gasteiger partial charge in [0.1, 0.15) is 13.2 Å². The van der Waals surface area contributed by atoms with Crippen LogP contribution in [0.5, 0.6) is 0 Å². The minimum absolute atomic E-state index is 0.0811. The van der Waals surface area contributed by atoms with Crippen LogP contribution < -0.4 is 0 Å². The Morgan fingerprint density at radius 3 is 0.747 bits per heavy atom. The SMILES string of the molecule is CCC/C=C\C/C=C\CCCCCCCC(=O)OCC(COC(=O)CCCCCCCCCCCCCCCCCCCCCCCCCCCCCCCCCCC)OC(=O)CCCCCCCC/C=C\C/C=C\C/C=C\CCCCC. The van der Waals surface area contributed by atoms with Gasteiger partial charge in [0, 0.05) is 19.3 Å². The monoisotopic (exact) mass is 1160 g/mol. The van der Waals surface area contributed by atoms with Crippen molar-refractivity contribution in [2.45, 2.75) is 399 Å². The van der Waals surface area contributed by atoms with Gasteiger partial charge in [-0.05, 0) is 83.5 Å². The van der Waals surface area contributed by atoms with Crippen LogP contribution in [0, 0.1) is 0 Å². The van der Waals surface area contributed by atoms with Crippen molar-refractivity contribution in [2.24, 2.45) is 0 Å². The van der Waals surface area contributed by atoms with Gasteiger partial charge in [-0.25, -0.2) is 0 Å². The molecule has 6 nitrogen and oxygen atoms in total. The first-order valence-corrected chi connectivity index (χ1v) is 36.8. The molecule has 83 heavy (non-hydrogen) atoms. The number of allylic oxidation sites excluding steroid dienone is 10. The summed E-state index contributed by atoms with van der Waals surface area (Å²) in [6.45, 7) is 6.59. The van der Waals surface area contributed by atoms with E-state index in [0.717, 1.165) is 109 Å². The van der Waals surface area contributed by atoms with Crippen LogP contribution in [0.3, 0.4) is 0 Å². The Balaban J connectivity index is 4.14. The highest BCUT2D eigenvalue weighted by atomic mass is 16.6. The minimum Gasteiger partial charge on any atom is -0.462 e. The molecule has 0 rings (SSSR count). The van der Waals surface area contributed by atoms with Crippen LogP contribution in [0.2, 0.25) is 0 Å². The van der Waals surface area contributed by atoms with Gasteiger partial charge in [-0.3, -0.25) is 14.4 Å². The van der Waals surface area contributed by atoms with E-state index in [2.05, 4.69) is 81.5 Å². The van der Waals surface area contributed by atoms with E-state index < -0.39 is 6.10 Å². The second-order valence-corrected chi connectivity index (χ2v) is 24.9. The molecule has 6 heteroatoms. The van der Waals surface area contributed by atoms with E-state index in [1.54, 1.807) is 0 Å². The highest BCUT2D eigenvalue weighted by Gasteiger charge is 2.19. The van der Waals surface area contributed by atoms with Crippen LogP contribution in [0.4, 0.5) is 0 Å². The third-order valence-electron chi connectivity index (χ3n) is 16.5. The molecule has 0 spiro atoms. The number of carbonyl (C=O) groups excluding carboxylic acids is 3. The van der Waals surface area contributed by atoms with Crippen molar-refractivity contribution in [3.05, 3.63) is 60.8 Å². The van der Waals surface area contributed by atoms with E-state index >= 15 is 0 Å². The molecule has 0 heterocycles. The van der Waals surface area contributed by atoms with Crippen LogP contribution in [-0.2, 0) is 28.6 Å². The zero-order chi connectivity index (χ0) is 59.9. The Labute approximate surface area is 517 Å². The summed E-state index contributed by atoms with van der Waals surface area (Å²) in [5, 5.41) is 0. The fourth-order valence-corrected chi connectivity index (χ4v) is 11.0. The van der Waals surface area contributed by atoms with Gasteiger partial charge >= 0.3 is 17.9 Å². The molecule has 1 unspecified atom stereocenters. The highest BCUT2D eigenvalue weighted by Crippen LogP contribution is 2.19. The van der Waals surface area contributed by atoms with Gasteiger partial charge in [0.05, 0.1) is 0 Å². The lowest BCUT2D eigenvalue weighted by molar-refractivity contribution is -0.167. The van der Waals surface area contributed by atoms with Crippen molar-refractivity contribution >= 4 is 17.9 Å². The highest BCUT2D eigenvalue weighted by molar-refractivity contribution is 5.71. The average molecular weight is 1160 g/mol. The van der Waals surface area contributed by atoms with Crippen LogP contribution in [0.1, 0.15) is 393 Å². The molecule has 0 bridgehead atoms. The third kappa shape index (κ3) is 69.8. The van der Waals surface area contributed by atoms with E-state index in [0.29, 0.717) is 19.3 Å². The van der Waals surface area contributed by atoms with Crippen molar-refractivity contribution in [3.63, 3.8) is 0 Å². The number of ether oxygens (including phenoxy) is 3. The second kappa shape index (κ2) is 71.6. The molecule has 1 atom stereocenters. The number of esters is 3. The molecule has 0 aliphatic heterocycles. The summed E-state index contributed by atoms with van der Waals surface area (Å²) in [7, 11) is 0. The molecule has 0 saturated heterocycles. The van der Waals surface area contributed by atoms with E-state index in [4.69, 9.17) is 14.2 Å². The molecule has 0 saturated carbocycles. The smallest absolute Gasteiger partial charge is 0.306 e. The van der Waals surface area contributed by atoms with Crippen LogP contribution in [0.15, 0.2) is 60.8 Å². The maximum absolute atomic E-state index is 12.9. The van der Waals surface area contributed by atoms with Crippen molar-refractivity contribution in [2.75, 3.05) is 13.2 Å². The summed E-state index contributed by atoms with van der Waals surface area (Å²) < 4.78 is 17.0. The zero-order valence-corrected chi connectivity index (χ0v) is 55.7. The first-order chi connectivity index (χ1) is 41.0. The van der Waals surface area contributed by atoms with Gasteiger partial charge < -0.3 is 14.2 Å². The molecule has 0 radical (unpaired) electrons. The molecule has 0 aromatic heterocycles. The number of hydrogen-bond donors (Lipinski definition) is 0. The zero-order valence-electron chi connectivity index (χ0n) is 55.7. The number of rotatable bonds is 68. The molecule has 0 aliphatic rings. The quantitative estimate of drug-likeness (QED) is 0.0261. The first-order valence-electron chi connectivity index (χ1n) is 36.8. The predicted octanol–water partition coefficient (Wildman–Crippen LogP) is 25.5. The van der Waals surface area contributed by atoms with Gasteiger partial charge in [-0.1, -0.05) is 351 Å². The molecule has 0 aromatic carbocycles. The molecule has 0 N–H and O–H groups in total. The van der Waals surface area contributed by atoms with Gasteiger partial charge in [0.25, 0.3) is 0 Å². The summed E-state index contributed by atoms with van der Waals surface area (Å²) in [6.07, 6.45) is 92.8. The van der Waals surface area contributed by atoms with Gasteiger partial charge in [0.15, 0.2) is 6.10 Å². The maximum atomic E-state index is 12.9. The molecule has 0 fully saturated rings. The summed E-state index contributed by atoms with van der Waals surface area (Å²) in [5.74, 6) is -0.888. The molecular weight excluding hydrogens is 1020 g/mol. The normalized spacial score (nSPS) is 12.4. The number of hydrogen-bond acceptors (Lipinski definition) is 6. The summed E-state index contributed by atoms with van der Waals surface area (Å²) in [6, 6.07) is 0. The van der Waals surface area contributed by atoms with Crippen molar-refractivity contribution < 1.29 is 28.6 Å². The Hall–Kier alpha value is -2.89. The van der Waals surface area contributed by atoms with Crippen molar-refractivity contribution in [1.82, 2.24) is 0 Å². The lowest BCUT2D eigenvalue weighted by Gasteiger charge is -2.18. The van der Waals surface area contributed by atoms with Gasteiger partial charge in [-0.15, -0.1) is 0 Å². The number of carbonyl (C=O) groups is 3. The lowest BCUT2D eigenvalue weighted by Crippen LogP contribution is -2.30. The van der Waals surface area contributed by atoms with E-state index in [-0.39, 0.29) is 31.1 Å². The summed E-state index contributed by atoms with van der Waals surface area (Å²) >= 11 is 0. The topological polar surface area (TPSA) is 78.9 Å². The summed E-state index contributed by atoms with van der Waals surface area (Å²) in [4.78, 5) is 38.4. The van der Waals surface area contributed by atoms with E-state index in [1.165, 1.54) is 244 Å². The molecule has 0 aliphatic carbocycles. The standard InChI is InChI=1S/C77H140O6/c1-4-7-10-13-16-19-22-25-27-29-31-32-33-34-35-36-37-38-39-40-41-42-43-44-46-47-49-52-55-58-61-64-67-70-76(79)82-73-74(72-81-75(78)69-66-63-60-57-54-51-24-21-18-15-12-9-6-3)83-77(80)71-68-65-62-59-56-53-50-48-45-30-28-26-23-20-17-14-11-8-5-2/h12,15,17,20-21,24,26,28,45,48,74H,4-11,13-14,16,18-19,22-23,25,27,29-44,46-47,49-73H2,1-3H3/b15-12-,20-17-,24-21-,28-26-,48-45-. The van der Waals surface area contributed by atoms with E-state index in [1.807, 2.05) is 0 Å². The minimum atomic E-state index is -0.788. The molecule has 0 aromatic rings. The van der Waals surface area contributed by atoms with E-state index in [9.17, 15) is 14.4 Å². The lowest BCUT2D eigenvalue weighted by atomic mass is 10.0. The van der Waals surface area contributed by atoms with Crippen molar-refractivity contribution in [1.29, 1.82) is 0 Å². The fourth-order valence-electron chi connectivity index (χ4n) is 11.0. The number of unbranched alkanes of at least 4 members (excludes halogenated alkanes) is 47. The molecule has 484 valence electrons. The Morgan fingerprint density at radius 2 is 0.458 bits per heavy atom. The molecule has 0 amide bonds. The second-order valence-electron chi connectivity index (χ2n) is 24.9. The Kier molecular flexibility index (Phi) is 69.1.